The number of aromatic nitrogens is 3. The van der Waals surface area contributed by atoms with E-state index in [1.807, 2.05) is 12.1 Å². The Kier molecular flexibility index (Phi) is 5.34. The molecule has 0 amide bonds. The van der Waals surface area contributed by atoms with Crippen LogP contribution in [0.15, 0.2) is 45.2 Å². The molecule has 0 radical (unpaired) electrons. The van der Waals surface area contributed by atoms with Gasteiger partial charge in [-0.25, -0.2) is 10.1 Å². The molecule has 9 heteroatoms. The van der Waals surface area contributed by atoms with Crippen LogP contribution in [0.4, 0.5) is 5.95 Å². The second-order valence-electron chi connectivity index (χ2n) is 3.84. The molecule has 0 unspecified atom stereocenters. The molecule has 0 spiro atoms. The first-order chi connectivity index (χ1) is 10.1. The second-order valence-corrected chi connectivity index (χ2v) is 5.61. The highest BCUT2D eigenvalue weighted by Gasteiger charge is 2.08. The van der Waals surface area contributed by atoms with Gasteiger partial charge in [0.05, 0.1) is 10.7 Å². The molecule has 2 aromatic rings. The molecule has 0 atom stereocenters. The summed E-state index contributed by atoms with van der Waals surface area (Å²) in [6.45, 7) is 4.03. The third kappa shape index (κ3) is 4.05. The average molecular weight is 416 g/mol. The molecule has 0 bridgehead atoms. The Morgan fingerprint density at radius 1 is 1.48 bits per heavy atom. The molecule has 110 valence electrons. The van der Waals surface area contributed by atoms with Gasteiger partial charge in [-0.3, -0.25) is 0 Å². The first-order valence-corrected chi connectivity index (χ1v) is 7.37. The zero-order valence-corrected chi connectivity index (χ0v) is 14.0. The summed E-state index contributed by atoms with van der Waals surface area (Å²) in [5, 5.41) is 11.5. The third-order valence-corrected chi connectivity index (χ3v) is 3.37. The molecule has 0 saturated carbocycles. The number of nitrogens with zero attached hydrogens (tertiary/aromatic N) is 4. The number of ether oxygens (including phenoxy) is 1. The number of benzene rings is 1. The van der Waals surface area contributed by atoms with Crippen LogP contribution >= 0.6 is 31.9 Å². The van der Waals surface area contributed by atoms with Crippen molar-refractivity contribution in [2.75, 3.05) is 17.9 Å². The number of nitrogens with two attached hydrogens (primary N) is 1. The summed E-state index contributed by atoms with van der Waals surface area (Å²) < 4.78 is 8.55. The summed E-state index contributed by atoms with van der Waals surface area (Å²) in [4.78, 5) is 0. The smallest absolute Gasteiger partial charge is 0.263 e. The number of hydrazone groups is 1. The van der Waals surface area contributed by atoms with Crippen molar-refractivity contribution in [3.8, 4) is 5.75 Å². The van der Waals surface area contributed by atoms with Gasteiger partial charge < -0.3 is 10.6 Å². The average Bonchev–Trinajstić information content (AvgIpc) is 2.83. The van der Waals surface area contributed by atoms with Gasteiger partial charge in [-0.15, -0.1) is 10.2 Å². The second kappa shape index (κ2) is 7.23. The van der Waals surface area contributed by atoms with Crippen molar-refractivity contribution < 1.29 is 4.74 Å². The zero-order valence-electron chi connectivity index (χ0n) is 10.8. The van der Waals surface area contributed by atoms with Crippen molar-refractivity contribution in [2.24, 2.45) is 5.10 Å². The topological polar surface area (TPSA) is 90.3 Å². The van der Waals surface area contributed by atoms with Gasteiger partial charge in [0, 0.05) is 10.0 Å². The number of hydrogen-bond acceptors (Lipinski definition) is 6. The molecule has 0 aliphatic carbocycles. The van der Waals surface area contributed by atoms with Crippen LogP contribution in [0, 0.1) is 0 Å². The van der Waals surface area contributed by atoms with E-state index in [-0.39, 0.29) is 0 Å². The number of hydrogen-bond donors (Lipinski definition) is 2. The molecule has 7 nitrogen and oxygen atoms in total. The molecular formula is C12H12Br2N6O. The fourth-order valence-electron chi connectivity index (χ4n) is 1.45. The largest absolute Gasteiger partial charge is 0.488 e. The van der Waals surface area contributed by atoms with Crippen LogP contribution < -0.4 is 16.0 Å². The molecule has 21 heavy (non-hydrogen) atoms. The van der Waals surface area contributed by atoms with Crippen molar-refractivity contribution >= 4 is 44.0 Å². The van der Waals surface area contributed by atoms with Crippen molar-refractivity contribution in [1.29, 1.82) is 0 Å². The standard InChI is InChI=1S/C12H12Br2N6O/c1-2-3-21-11-8(4-9(13)5-10(11)14)6-16-18-12-19-17-7-20(12)15/h2,4-7H,1,3,15H2,(H,18,19)/b16-6-. The van der Waals surface area contributed by atoms with E-state index >= 15 is 0 Å². The summed E-state index contributed by atoms with van der Waals surface area (Å²) >= 11 is 6.88. The molecule has 1 heterocycles. The Bertz CT molecular complexity index is 670. The molecule has 1 aromatic heterocycles. The summed E-state index contributed by atoms with van der Waals surface area (Å²) in [6, 6.07) is 3.77. The molecule has 2 rings (SSSR count). The summed E-state index contributed by atoms with van der Waals surface area (Å²) in [6.07, 6.45) is 4.64. The van der Waals surface area contributed by atoms with Crippen molar-refractivity contribution in [3.05, 3.63) is 45.6 Å². The van der Waals surface area contributed by atoms with Gasteiger partial charge in [-0.2, -0.15) is 5.10 Å². The summed E-state index contributed by atoms with van der Waals surface area (Å²) in [5.41, 5.74) is 3.46. The lowest BCUT2D eigenvalue weighted by Gasteiger charge is -2.10. The first kappa shape index (κ1) is 15.5. The Morgan fingerprint density at radius 3 is 2.95 bits per heavy atom. The highest BCUT2D eigenvalue weighted by atomic mass is 79.9. The van der Waals surface area contributed by atoms with Crippen LogP contribution in [0.3, 0.4) is 0 Å². The van der Waals surface area contributed by atoms with Gasteiger partial charge in [-0.05, 0) is 28.1 Å². The lowest BCUT2D eigenvalue weighted by atomic mass is 10.2. The first-order valence-electron chi connectivity index (χ1n) is 5.78. The van der Waals surface area contributed by atoms with Crippen LogP contribution in [-0.2, 0) is 0 Å². The number of nitrogen functional groups attached to an aromatic ring is 1. The maximum atomic E-state index is 5.62. The van der Waals surface area contributed by atoms with Crippen LogP contribution in [-0.4, -0.2) is 27.7 Å². The highest BCUT2D eigenvalue weighted by molar-refractivity contribution is 9.11. The molecule has 0 aliphatic heterocycles. The number of nitrogens with one attached hydrogen (secondary N) is 1. The van der Waals surface area contributed by atoms with Gasteiger partial charge in [0.1, 0.15) is 18.7 Å². The quantitative estimate of drug-likeness (QED) is 0.327. The molecule has 1 aromatic carbocycles. The molecule has 0 fully saturated rings. The normalized spacial score (nSPS) is 10.8. The fraction of sp³-hybridized carbons (Fsp3) is 0.0833. The lowest BCUT2D eigenvalue weighted by molar-refractivity contribution is 0.360. The van der Waals surface area contributed by atoms with E-state index in [1.54, 1.807) is 12.3 Å². The Hall–Kier alpha value is -1.87. The lowest BCUT2D eigenvalue weighted by Crippen LogP contribution is -2.10. The van der Waals surface area contributed by atoms with Crippen LogP contribution in [0.5, 0.6) is 5.75 Å². The van der Waals surface area contributed by atoms with Gasteiger partial charge in [0.25, 0.3) is 5.95 Å². The maximum Gasteiger partial charge on any atom is 0.263 e. The monoisotopic (exact) mass is 414 g/mol. The van der Waals surface area contributed by atoms with E-state index in [2.05, 4.69) is 59.2 Å². The predicted octanol–water partition coefficient (Wildman–Crippen LogP) is 2.53. The Morgan fingerprint density at radius 2 is 2.29 bits per heavy atom. The fourth-order valence-corrected chi connectivity index (χ4v) is 2.83. The van der Waals surface area contributed by atoms with E-state index < -0.39 is 0 Å². The third-order valence-electron chi connectivity index (χ3n) is 2.32. The van der Waals surface area contributed by atoms with E-state index in [9.17, 15) is 0 Å². The van der Waals surface area contributed by atoms with Gasteiger partial charge in [0.2, 0.25) is 0 Å². The minimum atomic E-state index is 0.328. The highest BCUT2D eigenvalue weighted by Crippen LogP contribution is 2.32. The number of halogens is 2. The van der Waals surface area contributed by atoms with Gasteiger partial charge in [-0.1, -0.05) is 28.6 Å². The minimum Gasteiger partial charge on any atom is -0.488 e. The van der Waals surface area contributed by atoms with Crippen molar-refractivity contribution in [2.45, 2.75) is 0 Å². The van der Waals surface area contributed by atoms with Crippen LogP contribution in [0.1, 0.15) is 5.56 Å². The maximum absolute atomic E-state index is 5.62. The zero-order chi connectivity index (χ0) is 15.2. The van der Waals surface area contributed by atoms with Crippen LogP contribution in [0.2, 0.25) is 0 Å². The van der Waals surface area contributed by atoms with E-state index in [4.69, 9.17) is 10.6 Å². The van der Waals surface area contributed by atoms with Crippen LogP contribution in [0.25, 0.3) is 0 Å². The molecule has 3 N–H and O–H groups in total. The van der Waals surface area contributed by atoms with Gasteiger partial charge >= 0.3 is 0 Å². The van der Waals surface area contributed by atoms with E-state index in [0.717, 1.165) is 14.5 Å². The number of anilines is 1. The Labute approximate surface area is 138 Å². The van der Waals surface area contributed by atoms with Crippen molar-refractivity contribution in [3.63, 3.8) is 0 Å². The molecular weight excluding hydrogens is 404 g/mol. The molecule has 0 saturated heterocycles. The van der Waals surface area contributed by atoms with Crippen molar-refractivity contribution in [1.82, 2.24) is 14.9 Å². The minimum absolute atomic E-state index is 0.328. The SMILES string of the molecule is C=CCOc1c(Br)cc(Br)cc1/C=N\Nc1nncn1N. The van der Waals surface area contributed by atoms with E-state index in [0.29, 0.717) is 18.3 Å². The Balaban J connectivity index is 2.21. The summed E-state index contributed by atoms with van der Waals surface area (Å²) in [7, 11) is 0. The molecule has 0 aliphatic rings. The predicted molar refractivity (Wildman–Crippen MR) is 88.9 cm³/mol. The summed E-state index contributed by atoms with van der Waals surface area (Å²) in [5.74, 6) is 6.56. The van der Waals surface area contributed by atoms with E-state index in [1.165, 1.54) is 11.0 Å². The number of rotatable bonds is 6. The van der Waals surface area contributed by atoms with Gasteiger partial charge in [0.15, 0.2) is 0 Å².